The summed E-state index contributed by atoms with van der Waals surface area (Å²) in [6, 6.07) is 69.5. The first-order valence-corrected chi connectivity index (χ1v) is 22.1. The summed E-state index contributed by atoms with van der Waals surface area (Å²) in [7, 11) is 0. The van der Waals surface area contributed by atoms with Crippen LogP contribution in [0.3, 0.4) is 0 Å². The lowest BCUT2D eigenvalue weighted by Crippen LogP contribution is -1.98. The van der Waals surface area contributed by atoms with Gasteiger partial charge in [-0.3, -0.25) is 19.2 Å². The van der Waals surface area contributed by atoms with Gasteiger partial charge in [0.1, 0.15) is 0 Å². The zero-order valence-electron chi connectivity index (χ0n) is 37.3. The molecule has 0 unspecified atom stereocenters. The maximum atomic E-state index is 12.4. The van der Waals surface area contributed by atoms with Crippen molar-refractivity contribution >= 4 is 23.1 Å². The van der Waals surface area contributed by atoms with Crippen LogP contribution in [0.5, 0.6) is 0 Å². The molecule has 4 nitrogen and oxygen atoms in total. The summed E-state index contributed by atoms with van der Waals surface area (Å²) >= 11 is 0. The van der Waals surface area contributed by atoms with E-state index in [1.165, 1.54) is 0 Å². The fourth-order valence-corrected chi connectivity index (χ4v) is 8.91. The highest BCUT2D eigenvalue weighted by Gasteiger charge is 2.23. The lowest BCUT2D eigenvalue weighted by molar-refractivity contribution is 0.100. The van der Waals surface area contributed by atoms with Crippen molar-refractivity contribution in [2.24, 2.45) is 0 Å². The molecule has 0 aliphatic heterocycles. The molecule has 0 aliphatic carbocycles. The molecule has 0 amide bonds. The molecule has 0 aromatic heterocycles. The van der Waals surface area contributed by atoms with Gasteiger partial charge in [0.25, 0.3) is 0 Å². The van der Waals surface area contributed by atoms with Gasteiger partial charge in [0, 0.05) is 22.3 Å². The SMILES string of the molecule is CC(=O)c1ccc(-c2ccccc2-c2cc(-c3ccccc3-c3ccc(C(C)=O)cc3)c(-c3ccccc3-c3ccc(C(C)=O)cc3)cc2-c2ccccc2-c2ccc(C(C)=O)cc2)cc1. The van der Waals surface area contributed by atoms with Crippen LogP contribution in [0.25, 0.3) is 89.0 Å². The molecule has 4 heteroatoms. The largest absolute Gasteiger partial charge is 0.295 e. The second-order valence-corrected chi connectivity index (χ2v) is 16.7. The highest BCUT2D eigenvalue weighted by atomic mass is 16.1. The molecule has 0 N–H and O–H groups in total. The van der Waals surface area contributed by atoms with Crippen molar-refractivity contribution in [2.45, 2.75) is 27.7 Å². The topological polar surface area (TPSA) is 68.3 Å². The van der Waals surface area contributed by atoms with Crippen molar-refractivity contribution in [2.75, 3.05) is 0 Å². The molecule has 0 saturated carbocycles. The molecular weight excluding hydrogens is 809 g/mol. The number of hydrogen-bond acceptors (Lipinski definition) is 4. The monoisotopic (exact) mass is 854 g/mol. The molecule has 0 aliphatic rings. The van der Waals surface area contributed by atoms with Crippen molar-refractivity contribution in [3.05, 3.63) is 229 Å². The van der Waals surface area contributed by atoms with E-state index >= 15 is 0 Å². The molecule has 0 bridgehead atoms. The summed E-state index contributed by atoms with van der Waals surface area (Å²) < 4.78 is 0. The van der Waals surface area contributed by atoms with Crippen molar-refractivity contribution in [3.8, 4) is 89.0 Å². The molecular formula is C62H46O4. The van der Waals surface area contributed by atoms with Crippen LogP contribution in [-0.2, 0) is 0 Å². The standard InChI is InChI=1S/C62H46O4/c1-39(63)43-21-29-47(30-22-43)51-13-5-9-17-55(51)59-37-61(57-19-11-7-15-53(57)49-33-25-45(26-34-49)41(3)65)62(58-20-12-8-16-54(58)50-35-27-46(28-36-50)42(4)66)38-60(59)56-18-10-6-14-52(56)48-31-23-44(24-32-48)40(2)64/h5-38H,1-4H3. The van der Waals surface area contributed by atoms with Crippen molar-refractivity contribution < 1.29 is 19.2 Å². The second-order valence-electron chi connectivity index (χ2n) is 16.7. The number of benzene rings is 9. The number of rotatable bonds is 12. The van der Waals surface area contributed by atoms with E-state index in [-0.39, 0.29) is 23.1 Å². The minimum Gasteiger partial charge on any atom is -0.295 e. The molecule has 318 valence electrons. The number of carbonyl (C=O) groups excluding carboxylic acids is 4. The van der Waals surface area contributed by atoms with Gasteiger partial charge in [-0.2, -0.15) is 0 Å². The molecule has 9 aromatic carbocycles. The Morgan fingerprint density at radius 1 is 0.212 bits per heavy atom. The van der Waals surface area contributed by atoms with E-state index in [2.05, 4.69) is 84.9 Å². The first-order chi connectivity index (χ1) is 32.0. The summed E-state index contributed by atoms with van der Waals surface area (Å²) in [5.74, 6) is 0.0369. The molecule has 0 spiro atoms. The minimum absolute atomic E-state index is 0.00923. The molecule has 0 heterocycles. The Morgan fingerprint density at radius 2 is 0.379 bits per heavy atom. The molecule has 0 atom stereocenters. The predicted molar refractivity (Wildman–Crippen MR) is 270 cm³/mol. The minimum atomic E-state index is 0.00923. The van der Waals surface area contributed by atoms with Gasteiger partial charge >= 0.3 is 0 Å². The van der Waals surface area contributed by atoms with Crippen LogP contribution in [0.4, 0.5) is 0 Å². The Kier molecular flexibility index (Phi) is 12.0. The average Bonchev–Trinajstić information content (AvgIpc) is 3.36. The summed E-state index contributed by atoms with van der Waals surface area (Å²) in [5, 5.41) is 0. The molecule has 0 saturated heterocycles. The number of hydrogen-bond donors (Lipinski definition) is 0. The van der Waals surface area contributed by atoms with Crippen LogP contribution >= 0.6 is 0 Å². The van der Waals surface area contributed by atoms with Crippen LogP contribution in [0.15, 0.2) is 206 Å². The fourth-order valence-electron chi connectivity index (χ4n) is 8.91. The van der Waals surface area contributed by atoms with Gasteiger partial charge in [0.2, 0.25) is 0 Å². The van der Waals surface area contributed by atoms with Crippen molar-refractivity contribution in [3.63, 3.8) is 0 Å². The first-order valence-electron chi connectivity index (χ1n) is 22.1. The van der Waals surface area contributed by atoms with E-state index < -0.39 is 0 Å². The maximum absolute atomic E-state index is 12.4. The summed E-state index contributed by atoms with van der Waals surface area (Å²) in [6.07, 6.45) is 0. The van der Waals surface area contributed by atoms with Gasteiger partial charge in [-0.25, -0.2) is 0 Å². The van der Waals surface area contributed by atoms with Crippen LogP contribution < -0.4 is 0 Å². The first kappa shape index (κ1) is 42.9. The highest BCUT2D eigenvalue weighted by Crippen LogP contribution is 2.49. The van der Waals surface area contributed by atoms with Crippen LogP contribution in [0, 0.1) is 0 Å². The Labute approximate surface area is 385 Å². The van der Waals surface area contributed by atoms with E-state index in [0.717, 1.165) is 89.0 Å². The smallest absolute Gasteiger partial charge is 0.159 e. The third-order valence-electron chi connectivity index (χ3n) is 12.4. The summed E-state index contributed by atoms with van der Waals surface area (Å²) in [5.41, 5.74) is 18.6. The molecule has 9 aromatic rings. The van der Waals surface area contributed by atoms with Gasteiger partial charge in [0.05, 0.1) is 0 Å². The van der Waals surface area contributed by atoms with Gasteiger partial charge in [-0.05, 0) is 129 Å². The summed E-state index contributed by atoms with van der Waals surface area (Å²) in [6.45, 7) is 6.33. The van der Waals surface area contributed by atoms with E-state index in [1.807, 2.05) is 121 Å². The lowest BCUT2D eigenvalue weighted by Gasteiger charge is -2.23. The zero-order chi connectivity index (χ0) is 45.9. The molecule has 9 rings (SSSR count). The highest BCUT2D eigenvalue weighted by molar-refractivity contribution is 6.05. The van der Waals surface area contributed by atoms with Gasteiger partial charge in [0.15, 0.2) is 23.1 Å². The van der Waals surface area contributed by atoms with E-state index in [9.17, 15) is 19.2 Å². The van der Waals surface area contributed by atoms with Gasteiger partial charge < -0.3 is 0 Å². The number of ketones is 4. The van der Waals surface area contributed by atoms with Crippen LogP contribution in [0.1, 0.15) is 69.1 Å². The molecule has 66 heavy (non-hydrogen) atoms. The Hall–Kier alpha value is -8.34. The van der Waals surface area contributed by atoms with E-state index in [4.69, 9.17) is 0 Å². The Balaban J connectivity index is 1.40. The third kappa shape index (κ3) is 8.53. The van der Waals surface area contributed by atoms with Crippen molar-refractivity contribution in [1.29, 1.82) is 0 Å². The second kappa shape index (κ2) is 18.4. The van der Waals surface area contributed by atoms with Gasteiger partial charge in [-0.15, -0.1) is 0 Å². The molecule has 0 fully saturated rings. The zero-order valence-corrected chi connectivity index (χ0v) is 37.3. The van der Waals surface area contributed by atoms with E-state index in [0.29, 0.717) is 22.3 Å². The van der Waals surface area contributed by atoms with Gasteiger partial charge in [-0.1, -0.05) is 194 Å². The van der Waals surface area contributed by atoms with Crippen LogP contribution in [-0.4, -0.2) is 23.1 Å². The number of Topliss-reactive ketones (excluding diaryl/α,β-unsaturated/α-hetero) is 4. The average molecular weight is 855 g/mol. The Morgan fingerprint density at radius 3 is 0.545 bits per heavy atom. The lowest BCUT2D eigenvalue weighted by atomic mass is 9.80. The Bertz CT molecular complexity index is 2870. The summed E-state index contributed by atoms with van der Waals surface area (Å²) in [4.78, 5) is 49.6. The maximum Gasteiger partial charge on any atom is 0.159 e. The van der Waals surface area contributed by atoms with E-state index in [1.54, 1.807) is 27.7 Å². The molecule has 0 radical (unpaired) electrons. The fraction of sp³-hybridized carbons (Fsp3) is 0.0645. The van der Waals surface area contributed by atoms with Crippen molar-refractivity contribution in [1.82, 2.24) is 0 Å². The number of carbonyl (C=O) groups is 4. The quantitative estimate of drug-likeness (QED) is 0.115. The van der Waals surface area contributed by atoms with Crippen LogP contribution in [0.2, 0.25) is 0 Å². The normalized spacial score (nSPS) is 11.0. The predicted octanol–water partition coefficient (Wildman–Crippen LogP) is 15.8. The third-order valence-corrected chi connectivity index (χ3v) is 12.4.